The standard InChI is InChI=1S/C18H24F2IN4O6S/c1-29-6-5-24(4-3-21-16(26)23-28)15-13(19)7-11(8-14(15)20)25-10-12(31-18(25)27)9-22-17(32)30-2/h5-8,12,18,27-28H,3-4,9-10H2,1-2H3,(H,22,32)(H,23,26)/q-1/b6-5-/t12-,18?/m0/s1. The number of ether oxygens (including phenoxy) is 3. The Balaban J connectivity index is 2.17. The van der Waals surface area contributed by atoms with Crippen molar-refractivity contribution in [3.8, 4) is 0 Å². The second-order valence-electron chi connectivity index (χ2n) is 6.29. The molecular weight excluding hydrogens is 565 g/mol. The molecular formula is C18H24F2IN4O6S-. The van der Waals surface area contributed by atoms with Crippen LogP contribution in [0.4, 0.5) is 25.0 Å². The Hall–Kier alpha value is -2.01. The van der Waals surface area contributed by atoms with Crippen molar-refractivity contribution in [1.29, 1.82) is 0 Å². The molecule has 1 heterocycles. The zero-order valence-electron chi connectivity index (χ0n) is 17.3. The first-order chi connectivity index (χ1) is 15.3. The van der Waals surface area contributed by atoms with Gasteiger partial charge in [-0.05, 0) is 12.2 Å². The average molecular weight is 589 g/mol. The monoisotopic (exact) mass is 589 g/mol. The number of carbonyl (C=O) groups is 1. The summed E-state index contributed by atoms with van der Waals surface area (Å²) >= 11 is 3.80. The molecule has 1 aliphatic heterocycles. The van der Waals surface area contributed by atoms with Gasteiger partial charge in [-0.3, -0.25) is 0 Å². The predicted molar refractivity (Wildman–Crippen MR) is 111 cm³/mol. The summed E-state index contributed by atoms with van der Waals surface area (Å²) in [6, 6.07) is 2.17. The third-order valence-electron chi connectivity index (χ3n) is 4.27. The van der Waals surface area contributed by atoms with Crippen molar-refractivity contribution < 1.29 is 59.3 Å². The van der Waals surface area contributed by atoms with Crippen molar-refractivity contribution in [2.75, 3.05) is 48.1 Å². The summed E-state index contributed by atoms with van der Waals surface area (Å²) in [5.41, 5.74) is 1.30. The van der Waals surface area contributed by atoms with Gasteiger partial charge in [0.2, 0.25) is 0 Å². The zero-order valence-corrected chi connectivity index (χ0v) is 20.2. The van der Waals surface area contributed by atoms with Crippen LogP contribution in [0.15, 0.2) is 24.6 Å². The second-order valence-corrected chi connectivity index (χ2v) is 9.48. The molecule has 2 rings (SSSR count). The maximum atomic E-state index is 15.0. The van der Waals surface area contributed by atoms with Gasteiger partial charge in [-0.2, -0.15) is 0 Å². The van der Waals surface area contributed by atoms with E-state index in [1.165, 1.54) is 36.5 Å². The molecule has 1 unspecified atom stereocenters. The number of hydrogen-bond acceptors (Lipinski definition) is 9. The van der Waals surface area contributed by atoms with E-state index in [2.05, 4.69) is 5.32 Å². The molecule has 0 radical (unpaired) electrons. The van der Waals surface area contributed by atoms with Crippen molar-refractivity contribution in [1.82, 2.24) is 10.8 Å². The minimum absolute atomic E-state index is 0.0934. The molecule has 10 nitrogen and oxygen atoms in total. The molecule has 0 aliphatic carbocycles. The number of nitrogens with zero attached hydrogens (tertiary/aromatic N) is 2. The Morgan fingerprint density at radius 2 is 2.12 bits per heavy atom. The molecule has 0 spiro atoms. The molecule has 1 amide bonds. The molecule has 0 saturated carbocycles. The third-order valence-corrected chi connectivity index (χ3v) is 6.53. The van der Waals surface area contributed by atoms with Crippen LogP contribution in [0.2, 0.25) is 0 Å². The van der Waals surface area contributed by atoms with Crippen molar-refractivity contribution in [2.24, 2.45) is 0 Å². The van der Waals surface area contributed by atoms with E-state index in [1.54, 1.807) is 5.48 Å². The number of halogens is 3. The predicted octanol–water partition coefficient (Wildman–Crippen LogP) is -1.92. The van der Waals surface area contributed by atoms with Gasteiger partial charge < -0.3 is 4.74 Å². The van der Waals surface area contributed by atoms with Gasteiger partial charge in [0.1, 0.15) is 0 Å². The number of aliphatic hydroxyl groups excluding tert-OH is 1. The van der Waals surface area contributed by atoms with E-state index in [-0.39, 0.29) is 36.2 Å². The summed E-state index contributed by atoms with van der Waals surface area (Å²) in [5, 5.41) is 21.7. The number of hydrogen-bond donors (Lipinski definition) is 4. The molecule has 180 valence electrons. The van der Waals surface area contributed by atoms with Crippen LogP contribution in [-0.4, -0.2) is 70.2 Å². The van der Waals surface area contributed by atoms with Gasteiger partial charge >= 0.3 is 170 Å². The quantitative estimate of drug-likeness (QED) is 0.0360. The number of hydroxylamine groups is 1. The van der Waals surface area contributed by atoms with E-state index < -0.39 is 49.3 Å². The van der Waals surface area contributed by atoms with Gasteiger partial charge in [0, 0.05) is 0 Å². The Morgan fingerprint density at radius 3 is 2.72 bits per heavy atom. The molecule has 1 saturated heterocycles. The number of methoxy groups -OCH3 is 2. The first-order valence-corrected chi connectivity index (χ1v) is 12.2. The topological polar surface area (TPSA) is 116 Å². The average Bonchev–Trinajstić information content (AvgIpc) is 3.14. The number of benzene rings is 1. The summed E-state index contributed by atoms with van der Waals surface area (Å²) in [6.07, 6.45) is 0.702. The molecule has 14 heteroatoms. The Morgan fingerprint density at radius 1 is 1.44 bits per heavy atom. The minimum atomic E-state index is -1.39. The Labute approximate surface area is 199 Å². The number of alkyl halides is 1. The molecule has 32 heavy (non-hydrogen) atoms. The second kappa shape index (κ2) is 12.9. The van der Waals surface area contributed by atoms with Gasteiger partial charge in [-0.1, -0.05) is 0 Å². The normalized spacial score (nSPS) is 18.1. The number of rotatable bonds is 10. The van der Waals surface area contributed by atoms with Gasteiger partial charge in [0.25, 0.3) is 5.17 Å². The first kappa shape index (κ1) is 26.2. The van der Waals surface area contributed by atoms with E-state index >= 15 is 0 Å². The number of carbonyl (C=O) groups excluding carboxylic acids is 1. The maximum absolute atomic E-state index is 15.0. The van der Waals surface area contributed by atoms with Crippen LogP contribution in [0.3, 0.4) is 0 Å². The van der Waals surface area contributed by atoms with E-state index in [0.29, 0.717) is 4.43 Å². The third kappa shape index (κ3) is 7.26. The number of thiocarbonyl (C=S) groups is 1. The van der Waals surface area contributed by atoms with Crippen LogP contribution in [-0.2, 0) is 14.2 Å². The molecule has 0 aromatic heterocycles. The van der Waals surface area contributed by atoms with Gasteiger partial charge in [-0.15, -0.1) is 0 Å². The van der Waals surface area contributed by atoms with E-state index in [0.717, 1.165) is 12.1 Å². The SMILES string of the molecule is CO/C=C\N(CC[I-]C(=O)NO)c1c(F)cc(N2C[C@H](CNC(=S)OC)OC2O)cc1F. The van der Waals surface area contributed by atoms with Crippen LogP contribution in [0.1, 0.15) is 0 Å². The van der Waals surface area contributed by atoms with Crippen LogP contribution in [0.5, 0.6) is 0 Å². The summed E-state index contributed by atoms with van der Waals surface area (Å²) < 4.78 is 44.8. The van der Waals surface area contributed by atoms with Crippen molar-refractivity contribution in [2.45, 2.75) is 12.5 Å². The molecule has 1 fully saturated rings. The van der Waals surface area contributed by atoms with Crippen LogP contribution < -0.4 is 41.8 Å². The Bertz CT molecular complexity index is 814. The van der Waals surface area contributed by atoms with E-state index in [4.69, 9.17) is 31.6 Å². The summed E-state index contributed by atoms with van der Waals surface area (Å²) in [4.78, 5) is 13.8. The number of aliphatic hydroxyl groups is 1. The molecule has 1 aromatic rings. The van der Waals surface area contributed by atoms with Crippen LogP contribution in [0.25, 0.3) is 0 Å². The van der Waals surface area contributed by atoms with E-state index in [9.17, 15) is 18.7 Å². The summed E-state index contributed by atoms with van der Waals surface area (Å²) in [5.74, 6) is -1.75. The van der Waals surface area contributed by atoms with Crippen molar-refractivity contribution in [3.63, 3.8) is 0 Å². The van der Waals surface area contributed by atoms with Crippen LogP contribution in [0, 0.1) is 11.6 Å². The molecule has 1 aromatic carbocycles. The Kier molecular flexibility index (Phi) is 10.6. The van der Waals surface area contributed by atoms with E-state index in [1.807, 2.05) is 0 Å². The van der Waals surface area contributed by atoms with Crippen LogP contribution >= 0.6 is 12.2 Å². The first-order valence-electron chi connectivity index (χ1n) is 9.21. The molecule has 0 bridgehead atoms. The van der Waals surface area contributed by atoms with Crippen molar-refractivity contribution >= 4 is 32.7 Å². The fraction of sp³-hybridized carbons (Fsp3) is 0.444. The fourth-order valence-electron chi connectivity index (χ4n) is 2.85. The molecule has 1 aliphatic rings. The summed E-state index contributed by atoms with van der Waals surface area (Å²) in [6.45, 7) is 0.520. The van der Waals surface area contributed by atoms with Gasteiger partial charge in [0.05, 0.1) is 7.11 Å². The number of anilines is 2. The number of nitrogens with one attached hydrogen (secondary N) is 2. The van der Waals surface area contributed by atoms with Gasteiger partial charge in [0.15, 0.2) is 0 Å². The summed E-state index contributed by atoms with van der Waals surface area (Å²) in [7, 11) is 2.79. The fourth-order valence-corrected chi connectivity index (χ4v) is 4.35. The van der Waals surface area contributed by atoms with Crippen molar-refractivity contribution in [3.05, 3.63) is 36.2 Å². The molecule has 4 N–H and O–H groups in total. The zero-order chi connectivity index (χ0) is 23.7. The van der Waals surface area contributed by atoms with Gasteiger partial charge in [-0.25, -0.2) is 0 Å². The number of amides is 1. The molecule has 2 atom stereocenters.